The molecule has 3 atom stereocenters. The number of aromatic nitrogens is 1. The molecule has 9 nitrogen and oxygen atoms in total. The van der Waals surface area contributed by atoms with Crippen LogP contribution in [-0.2, 0) is 25.7 Å². The number of carbonyl (C=O) groups is 3. The van der Waals surface area contributed by atoms with Gasteiger partial charge in [-0.25, -0.2) is 9.59 Å². The van der Waals surface area contributed by atoms with Gasteiger partial charge in [0.15, 0.2) is 0 Å². The predicted octanol–water partition coefficient (Wildman–Crippen LogP) is 3.00. The Hall–Kier alpha value is -2.94. The van der Waals surface area contributed by atoms with Crippen molar-refractivity contribution < 1.29 is 55.7 Å². The molecule has 4 rings (SSSR count). The van der Waals surface area contributed by atoms with Crippen LogP contribution in [0, 0.1) is 5.92 Å². The third-order valence-corrected chi connectivity index (χ3v) is 6.02. The average Bonchev–Trinajstić information content (AvgIpc) is 3.20. The zero-order valence-corrected chi connectivity index (χ0v) is 19.5. The number of ether oxygens (including phenoxy) is 1. The van der Waals surface area contributed by atoms with Gasteiger partial charge in [-0.3, -0.25) is 14.7 Å². The van der Waals surface area contributed by atoms with Crippen molar-refractivity contribution in [2.75, 3.05) is 13.1 Å². The molecule has 0 unspecified atom stereocenters. The topological polar surface area (TPSA) is 129 Å². The summed E-state index contributed by atoms with van der Waals surface area (Å²) >= 11 is 0. The fourth-order valence-corrected chi connectivity index (χ4v) is 3.90. The third-order valence-electron chi connectivity index (χ3n) is 6.02. The van der Waals surface area contributed by atoms with Crippen molar-refractivity contribution in [1.29, 1.82) is 0 Å². The van der Waals surface area contributed by atoms with Crippen LogP contribution in [0.4, 0.5) is 26.3 Å². The van der Waals surface area contributed by atoms with E-state index >= 15 is 0 Å². The molecule has 208 valence electrons. The summed E-state index contributed by atoms with van der Waals surface area (Å²) < 4.78 is 69.6. The largest absolute Gasteiger partial charge is 0.490 e. The zero-order chi connectivity index (χ0) is 27.8. The van der Waals surface area contributed by atoms with Gasteiger partial charge in [-0.1, -0.05) is 0 Å². The number of aliphatic carboxylic acids is 2. The number of pyridine rings is 1. The maximum Gasteiger partial charge on any atom is 0.490 e. The van der Waals surface area contributed by atoms with Crippen LogP contribution in [0.2, 0.25) is 0 Å². The maximum atomic E-state index is 12.3. The molecule has 15 heteroatoms. The standard InChI is InChI=1S/C18H25N3O2.2C2HF3O2/c22-18(20-15-2-1-3-15)16-10-14-6-9-21(12-17(14)23-16)11-13-4-7-19-8-5-13;2*3-2(4,5)1(6)7/h4-5,7-8,14-17H,1-3,6,9-12H2,(H,20,22);2*(H,6,7)/t14-,16-,17+;;/m0../s1. The van der Waals surface area contributed by atoms with Gasteiger partial charge in [0.25, 0.3) is 0 Å². The van der Waals surface area contributed by atoms with Gasteiger partial charge in [0.2, 0.25) is 5.91 Å². The molecule has 0 radical (unpaired) electrons. The Kier molecular flexibility index (Phi) is 10.7. The van der Waals surface area contributed by atoms with Crippen molar-refractivity contribution in [3.63, 3.8) is 0 Å². The predicted molar refractivity (Wildman–Crippen MR) is 114 cm³/mol. The average molecular weight is 543 g/mol. The molecule has 3 aliphatic rings. The number of alkyl halides is 6. The van der Waals surface area contributed by atoms with Crippen molar-refractivity contribution in [2.45, 2.75) is 69.3 Å². The molecule has 3 N–H and O–H groups in total. The molecule has 1 aromatic heterocycles. The monoisotopic (exact) mass is 543 g/mol. The number of nitrogens with zero attached hydrogens (tertiary/aromatic N) is 2. The normalized spacial score (nSPS) is 23.8. The van der Waals surface area contributed by atoms with Crippen molar-refractivity contribution in [3.8, 4) is 0 Å². The highest BCUT2D eigenvalue weighted by Crippen LogP contribution is 2.34. The Balaban J connectivity index is 0.000000286. The van der Waals surface area contributed by atoms with Gasteiger partial charge in [0.05, 0.1) is 6.10 Å². The van der Waals surface area contributed by atoms with Gasteiger partial charge in [-0.05, 0) is 62.3 Å². The first-order valence-corrected chi connectivity index (χ1v) is 11.3. The lowest BCUT2D eigenvalue weighted by Gasteiger charge is -2.34. The Morgan fingerprint density at radius 3 is 2.00 bits per heavy atom. The first-order chi connectivity index (χ1) is 17.2. The highest BCUT2D eigenvalue weighted by molar-refractivity contribution is 5.81. The van der Waals surface area contributed by atoms with E-state index in [0.717, 1.165) is 45.3 Å². The molecular weight excluding hydrogens is 516 g/mol. The molecule has 1 aliphatic carbocycles. The summed E-state index contributed by atoms with van der Waals surface area (Å²) in [6.07, 6.45) is -0.977. The molecule has 1 amide bonds. The van der Waals surface area contributed by atoms with E-state index in [1.54, 1.807) is 0 Å². The lowest BCUT2D eigenvalue weighted by atomic mass is 9.90. The number of piperidine rings is 1. The van der Waals surface area contributed by atoms with Crippen molar-refractivity contribution >= 4 is 17.8 Å². The van der Waals surface area contributed by atoms with Crippen LogP contribution in [0.15, 0.2) is 24.5 Å². The van der Waals surface area contributed by atoms with E-state index in [9.17, 15) is 31.1 Å². The second kappa shape index (κ2) is 13.0. The number of fused-ring (bicyclic) bond motifs is 1. The zero-order valence-electron chi connectivity index (χ0n) is 19.5. The van der Waals surface area contributed by atoms with Crippen molar-refractivity contribution in [2.24, 2.45) is 5.92 Å². The third kappa shape index (κ3) is 10.1. The number of nitrogens with one attached hydrogen (secondary N) is 1. The number of likely N-dealkylation sites (tertiary alicyclic amines) is 1. The summed E-state index contributed by atoms with van der Waals surface area (Å²) in [7, 11) is 0. The van der Waals surface area contributed by atoms with Gasteiger partial charge in [0.1, 0.15) is 6.10 Å². The minimum Gasteiger partial charge on any atom is -0.475 e. The van der Waals surface area contributed by atoms with Crippen LogP contribution in [0.1, 0.15) is 37.7 Å². The quantitative estimate of drug-likeness (QED) is 0.495. The number of carboxylic acid groups (broad SMARTS) is 2. The molecule has 1 saturated carbocycles. The molecule has 0 aromatic carbocycles. The fraction of sp³-hybridized carbons (Fsp3) is 0.636. The molecule has 2 saturated heterocycles. The van der Waals surface area contributed by atoms with Gasteiger partial charge < -0.3 is 20.3 Å². The van der Waals surface area contributed by atoms with E-state index in [2.05, 4.69) is 27.3 Å². The minimum atomic E-state index is -5.08. The number of hydrogen-bond donors (Lipinski definition) is 3. The first kappa shape index (κ1) is 30.3. The number of hydrogen-bond acceptors (Lipinski definition) is 6. The maximum absolute atomic E-state index is 12.3. The van der Waals surface area contributed by atoms with Crippen LogP contribution in [0.25, 0.3) is 0 Å². The molecular formula is C22H27F6N3O6. The molecule has 3 heterocycles. The highest BCUT2D eigenvalue weighted by atomic mass is 19.4. The second-order valence-corrected chi connectivity index (χ2v) is 8.78. The Bertz CT molecular complexity index is 886. The van der Waals surface area contributed by atoms with Crippen LogP contribution in [-0.4, -0.2) is 81.6 Å². The second-order valence-electron chi connectivity index (χ2n) is 8.78. The van der Waals surface area contributed by atoms with Gasteiger partial charge in [0, 0.05) is 31.5 Å². The summed E-state index contributed by atoms with van der Waals surface area (Å²) in [4.78, 5) is 36.6. The Labute approximate surface area is 207 Å². The van der Waals surface area contributed by atoms with E-state index in [-0.39, 0.29) is 18.1 Å². The van der Waals surface area contributed by atoms with E-state index < -0.39 is 24.3 Å². The summed E-state index contributed by atoms with van der Waals surface area (Å²) in [6, 6.07) is 4.53. The first-order valence-electron chi connectivity index (χ1n) is 11.3. The van der Waals surface area contributed by atoms with Crippen molar-refractivity contribution in [3.05, 3.63) is 30.1 Å². The summed E-state index contributed by atoms with van der Waals surface area (Å²) in [6.45, 7) is 2.96. The summed E-state index contributed by atoms with van der Waals surface area (Å²) in [5, 5.41) is 17.4. The van der Waals surface area contributed by atoms with Crippen molar-refractivity contribution in [1.82, 2.24) is 15.2 Å². The summed E-state index contributed by atoms with van der Waals surface area (Å²) in [5.41, 5.74) is 1.29. The van der Waals surface area contributed by atoms with Crippen LogP contribution in [0.3, 0.4) is 0 Å². The number of rotatable bonds is 4. The molecule has 0 bridgehead atoms. The van der Waals surface area contributed by atoms with Gasteiger partial charge in [-0.15, -0.1) is 0 Å². The molecule has 3 fully saturated rings. The molecule has 37 heavy (non-hydrogen) atoms. The van der Waals surface area contributed by atoms with E-state index in [1.807, 2.05) is 12.4 Å². The number of carboxylic acids is 2. The lowest BCUT2D eigenvalue weighted by Crippen LogP contribution is -2.45. The van der Waals surface area contributed by atoms with Crippen LogP contribution < -0.4 is 5.32 Å². The van der Waals surface area contributed by atoms with E-state index in [4.69, 9.17) is 24.5 Å². The lowest BCUT2D eigenvalue weighted by molar-refractivity contribution is -0.193. The number of amides is 1. The van der Waals surface area contributed by atoms with Gasteiger partial charge >= 0.3 is 24.3 Å². The molecule has 2 aliphatic heterocycles. The Morgan fingerprint density at radius 1 is 1.00 bits per heavy atom. The number of carbonyl (C=O) groups excluding carboxylic acids is 1. The molecule has 1 aromatic rings. The van der Waals surface area contributed by atoms with E-state index in [0.29, 0.717) is 12.0 Å². The highest BCUT2D eigenvalue weighted by Gasteiger charge is 2.42. The summed E-state index contributed by atoms with van der Waals surface area (Å²) in [5.74, 6) is -4.86. The van der Waals surface area contributed by atoms with Gasteiger partial charge in [-0.2, -0.15) is 26.3 Å². The Morgan fingerprint density at radius 2 is 1.54 bits per heavy atom. The molecule has 0 spiro atoms. The fourth-order valence-electron chi connectivity index (χ4n) is 3.90. The van der Waals surface area contributed by atoms with Crippen LogP contribution >= 0.6 is 0 Å². The number of halogens is 6. The SMILES string of the molecule is O=C(NC1CCC1)[C@@H]1C[C@@H]2CCN(Cc3ccncc3)C[C@H]2O1.O=C(O)C(F)(F)F.O=C(O)C(F)(F)F. The van der Waals surface area contributed by atoms with Crippen LogP contribution in [0.5, 0.6) is 0 Å². The van der Waals surface area contributed by atoms with E-state index in [1.165, 1.54) is 12.0 Å². The smallest absolute Gasteiger partial charge is 0.475 e. The minimum absolute atomic E-state index is 0.116.